The van der Waals surface area contributed by atoms with Crippen LogP contribution in [0.15, 0.2) is 0 Å². The molecule has 0 aromatic carbocycles. The van der Waals surface area contributed by atoms with E-state index in [0.717, 1.165) is 0 Å². The van der Waals surface area contributed by atoms with E-state index in [1.54, 1.807) is 0 Å². The molecule has 0 aromatic heterocycles. The largest absolute Gasteiger partial charge is 0.394 e. The zero-order chi connectivity index (χ0) is 12.6. The van der Waals surface area contributed by atoms with Crippen LogP contribution in [0.3, 0.4) is 0 Å². The molecule has 0 radical (unpaired) electrons. The first-order valence-corrected chi connectivity index (χ1v) is 5.35. The number of carbonyl (C=O) groups excluding carboxylic acids is 2. The molecule has 96 valence electrons. The smallest absolute Gasteiger partial charge is 0.326 e. The first-order valence-electron chi connectivity index (χ1n) is 5.35. The van der Waals surface area contributed by atoms with Crippen molar-refractivity contribution in [3.8, 4) is 0 Å². The molecule has 2 aliphatic rings. The highest BCUT2D eigenvalue weighted by molar-refractivity contribution is 5.96. The van der Waals surface area contributed by atoms with Crippen LogP contribution in [0, 0.1) is 0 Å². The topological polar surface area (TPSA) is 125 Å². The van der Waals surface area contributed by atoms with Crippen LogP contribution in [0.1, 0.15) is 6.42 Å². The SMILES string of the molecule is N[C@H]1[C@@H](O)[C@H](N2CCC(=O)NC2=O)O[C@@H]1CO. The van der Waals surface area contributed by atoms with Gasteiger partial charge in [0, 0.05) is 13.0 Å². The minimum atomic E-state index is -1.08. The van der Waals surface area contributed by atoms with Gasteiger partial charge in [0.15, 0.2) is 6.23 Å². The number of aliphatic hydroxyl groups excluding tert-OH is 2. The van der Waals surface area contributed by atoms with E-state index in [1.807, 2.05) is 0 Å². The second kappa shape index (κ2) is 4.57. The van der Waals surface area contributed by atoms with E-state index < -0.39 is 30.5 Å². The van der Waals surface area contributed by atoms with Crippen LogP contribution >= 0.6 is 0 Å². The van der Waals surface area contributed by atoms with Crippen LogP contribution in [0.5, 0.6) is 0 Å². The molecule has 0 saturated carbocycles. The van der Waals surface area contributed by atoms with Gasteiger partial charge in [-0.1, -0.05) is 0 Å². The Morgan fingerprint density at radius 3 is 2.76 bits per heavy atom. The molecule has 8 heteroatoms. The predicted molar refractivity (Wildman–Crippen MR) is 54.6 cm³/mol. The summed E-state index contributed by atoms with van der Waals surface area (Å²) < 4.78 is 5.31. The Hall–Kier alpha value is -1.22. The summed E-state index contributed by atoms with van der Waals surface area (Å²) in [5, 5.41) is 20.9. The van der Waals surface area contributed by atoms with E-state index in [9.17, 15) is 14.7 Å². The number of urea groups is 1. The number of carbonyl (C=O) groups is 2. The third kappa shape index (κ3) is 2.12. The summed E-state index contributed by atoms with van der Waals surface area (Å²) in [6.07, 6.45) is -2.56. The van der Waals surface area contributed by atoms with Crippen molar-refractivity contribution in [1.82, 2.24) is 10.2 Å². The molecule has 2 rings (SSSR count). The Labute approximate surface area is 97.3 Å². The maximum atomic E-state index is 11.5. The molecule has 8 nitrogen and oxygen atoms in total. The summed E-state index contributed by atoms with van der Waals surface area (Å²) in [5.74, 6) is -0.359. The average Bonchev–Trinajstić information content (AvgIpc) is 2.57. The number of hydrogen-bond donors (Lipinski definition) is 4. The third-order valence-electron chi connectivity index (χ3n) is 3.00. The lowest BCUT2D eigenvalue weighted by molar-refractivity contribution is -0.125. The highest BCUT2D eigenvalue weighted by Crippen LogP contribution is 2.23. The molecular formula is C9H15N3O5. The molecule has 17 heavy (non-hydrogen) atoms. The molecule has 0 spiro atoms. The maximum absolute atomic E-state index is 11.5. The second-order valence-electron chi connectivity index (χ2n) is 4.11. The van der Waals surface area contributed by atoms with Gasteiger partial charge in [-0.05, 0) is 0 Å². The van der Waals surface area contributed by atoms with Crippen molar-refractivity contribution in [2.45, 2.75) is 30.9 Å². The lowest BCUT2D eigenvalue weighted by Crippen LogP contribution is -2.57. The molecule has 0 bridgehead atoms. The number of hydrogen-bond acceptors (Lipinski definition) is 6. The van der Waals surface area contributed by atoms with Gasteiger partial charge in [-0.2, -0.15) is 0 Å². The number of ether oxygens (including phenoxy) is 1. The van der Waals surface area contributed by atoms with E-state index in [0.29, 0.717) is 0 Å². The molecule has 0 aliphatic carbocycles. The van der Waals surface area contributed by atoms with Gasteiger partial charge in [-0.3, -0.25) is 15.0 Å². The van der Waals surface area contributed by atoms with Gasteiger partial charge in [-0.15, -0.1) is 0 Å². The lowest BCUT2D eigenvalue weighted by Gasteiger charge is -2.32. The lowest BCUT2D eigenvalue weighted by atomic mass is 10.1. The minimum Gasteiger partial charge on any atom is -0.394 e. The minimum absolute atomic E-state index is 0.150. The molecule has 3 amide bonds. The Kier molecular flexibility index (Phi) is 3.29. The van der Waals surface area contributed by atoms with Crippen molar-refractivity contribution in [2.75, 3.05) is 13.2 Å². The number of amides is 3. The predicted octanol–water partition coefficient (Wildman–Crippen LogP) is -2.67. The molecule has 2 fully saturated rings. The zero-order valence-corrected chi connectivity index (χ0v) is 9.07. The number of nitrogens with one attached hydrogen (secondary N) is 1. The van der Waals surface area contributed by atoms with E-state index >= 15 is 0 Å². The van der Waals surface area contributed by atoms with E-state index in [4.69, 9.17) is 15.6 Å². The Morgan fingerprint density at radius 2 is 2.24 bits per heavy atom. The van der Waals surface area contributed by atoms with Gasteiger partial charge in [-0.25, -0.2) is 4.79 Å². The number of nitrogens with zero attached hydrogens (tertiary/aromatic N) is 1. The standard InChI is InChI=1S/C9H15N3O5/c10-6-4(3-13)17-8(7(6)15)12-2-1-5(14)11-9(12)16/h4,6-8,13,15H,1-3,10H2,(H,11,14,16)/t4-,6-,7-,8-/m1/s1. The number of imide groups is 1. The molecule has 5 N–H and O–H groups in total. The Balaban J connectivity index is 2.08. The molecule has 2 saturated heterocycles. The van der Waals surface area contributed by atoms with Crippen LogP contribution in [0.4, 0.5) is 4.79 Å². The highest BCUT2D eigenvalue weighted by Gasteiger charge is 2.46. The van der Waals surface area contributed by atoms with Crippen LogP contribution < -0.4 is 11.1 Å². The fraction of sp³-hybridized carbons (Fsp3) is 0.778. The zero-order valence-electron chi connectivity index (χ0n) is 9.07. The Morgan fingerprint density at radius 1 is 1.53 bits per heavy atom. The van der Waals surface area contributed by atoms with Crippen molar-refractivity contribution in [3.63, 3.8) is 0 Å². The van der Waals surface area contributed by atoms with Crippen LogP contribution in [0.2, 0.25) is 0 Å². The van der Waals surface area contributed by atoms with Crippen molar-refractivity contribution >= 4 is 11.9 Å². The van der Waals surface area contributed by atoms with Crippen molar-refractivity contribution < 1.29 is 24.5 Å². The van der Waals surface area contributed by atoms with E-state index in [-0.39, 0.29) is 25.5 Å². The van der Waals surface area contributed by atoms with Crippen molar-refractivity contribution in [3.05, 3.63) is 0 Å². The van der Waals surface area contributed by atoms with Crippen molar-refractivity contribution in [1.29, 1.82) is 0 Å². The van der Waals surface area contributed by atoms with Gasteiger partial charge in [0.05, 0.1) is 12.6 Å². The monoisotopic (exact) mass is 245 g/mol. The van der Waals surface area contributed by atoms with Gasteiger partial charge in [0.25, 0.3) is 0 Å². The van der Waals surface area contributed by atoms with E-state index in [2.05, 4.69) is 5.32 Å². The van der Waals surface area contributed by atoms with Gasteiger partial charge >= 0.3 is 6.03 Å². The summed E-state index contributed by atoms with van der Waals surface area (Å²) >= 11 is 0. The maximum Gasteiger partial charge on any atom is 0.326 e. The fourth-order valence-electron chi connectivity index (χ4n) is 2.00. The quantitative estimate of drug-likeness (QED) is 0.420. The molecular weight excluding hydrogens is 230 g/mol. The number of nitrogens with two attached hydrogens (primary N) is 1. The van der Waals surface area contributed by atoms with Crippen LogP contribution in [-0.2, 0) is 9.53 Å². The number of aliphatic hydroxyl groups is 2. The van der Waals surface area contributed by atoms with E-state index in [1.165, 1.54) is 4.90 Å². The van der Waals surface area contributed by atoms with Gasteiger partial charge in [0.2, 0.25) is 5.91 Å². The molecule has 4 atom stereocenters. The summed E-state index contributed by atoms with van der Waals surface area (Å²) in [7, 11) is 0. The first kappa shape index (κ1) is 12.2. The fourth-order valence-corrected chi connectivity index (χ4v) is 2.00. The van der Waals surface area contributed by atoms with Gasteiger partial charge in [0.1, 0.15) is 12.2 Å². The molecule has 0 unspecified atom stereocenters. The highest BCUT2D eigenvalue weighted by atomic mass is 16.5. The molecule has 2 aliphatic heterocycles. The summed E-state index contributed by atoms with van der Waals surface area (Å²) in [6.45, 7) is -0.166. The first-order chi connectivity index (χ1) is 8.04. The third-order valence-corrected chi connectivity index (χ3v) is 3.00. The average molecular weight is 245 g/mol. The molecule has 0 aromatic rings. The summed E-state index contributed by atoms with van der Waals surface area (Å²) in [5.41, 5.74) is 5.64. The number of rotatable bonds is 2. The second-order valence-corrected chi connectivity index (χ2v) is 4.11. The Bertz CT molecular complexity index is 337. The van der Waals surface area contributed by atoms with Crippen molar-refractivity contribution in [2.24, 2.45) is 5.73 Å². The molecule has 2 heterocycles. The van der Waals surface area contributed by atoms with Crippen LogP contribution in [-0.4, -0.2) is 64.7 Å². The van der Waals surface area contributed by atoms with Gasteiger partial charge < -0.3 is 20.7 Å². The van der Waals surface area contributed by atoms with Crippen LogP contribution in [0.25, 0.3) is 0 Å². The summed E-state index contributed by atoms with van der Waals surface area (Å²) in [4.78, 5) is 23.7. The normalized spacial score (nSPS) is 38.4. The summed E-state index contributed by atoms with van der Waals surface area (Å²) in [6, 6.07) is -1.37.